The molecular formula is C23H19N5O3S. The van der Waals surface area contributed by atoms with Gasteiger partial charge in [-0.25, -0.2) is 4.98 Å². The van der Waals surface area contributed by atoms with Gasteiger partial charge in [0.25, 0.3) is 17.6 Å². The average molecular weight is 446 g/mol. The fourth-order valence-electron chi connectivity index (χ4n) is 3.88. The molecule has 1 aliphatic rings. The third-order valence-electron chi connectivity index (χ3n) is 5.55. The molecule has 0 radical (unpaired) electrons. The zero-order valence-electron chi connectivity index (χ0n) is 17.0. The largest absolute Gasteiger partial charge is 0.359 e. The van der Waals surface area contributed by atoms with Crippen molar-refractivity contribution < 1.29 is 14.4 Å². The molecule has 1 N–H and O–H groups in total. The van der Waals surface area contributed by atoms with Gasteiger partial charge in [-0.1, -0.05) is 18.2 Å². The number of carbonyl (C=O) groups excluding carboxylic acids is 3. The quantitative estimate of drug-likeness (QED) is 0.385. The highest BCUT2D eigenvalue weighted by Crippen LogP contribution is 2.29. The van der Waals surface area contributed by atoms with Crippen molar-refractivity contribution in [2.75, 3.05) is 26.2 Å². The number of pyridine rings is 1. The number of fused-ring (bicyclic) bond motifs is 1. The second-order valence-electron chi connectivity index (χ2n) is 7.40. The highest BCUT2D eigenvalue weighted by Gasteiger charge is 2.30. The number of piperazine rings is 1. The van der Waals surface area contributed by atoms with Crippen LogP contribution in [0.15, 0.2) is 60.4 Å². The maximum atomic E-state index is 13.0. The molecule has 2 amide bonds. The Kier molecular flexibility index (Phi) is 5.24. The average Bonchev–Trinajstić information content (AvgIpc) is 3.53. The first kappa shape index (κ1) is 20.1. The van der Waals surface area contributed by atoms with Crippen LogP contribution in [0.25, 0.3) is 21.6 Å². The lowest BCUT2D eigenvalue weighted by Gasteiger charge is -2.34. The van der Waals surface area contributed by atoms with E-state index in [0.717, 1.165) is 5.01 Å². The van der Waals surface area contributed by atoms with E-state index in [-0.39, 0.29) is 5.91 Å². The number of ketones is 1. The van der Waals surface area contributed by atoms with Gasteiger partial charge in [0.1, 0.15) is 10.7 Å². The fourth-order valence-corrected chi connectivity index (χ4v) is 4.52. The summed E-state index contributed by atoms with van der Waals surface area (Å²) in [4.78, 5) is 53.5. The molecule has 3 aromatic heterocycles. The molecule has 1 aliphatic heterocycles. The minimum Gasteiger partial charge on any atom is -0.359 e. The Bertz CT molecular complexity index is 1290. The van der Waals surface area contributed by atoms with Crippen LogP contribution >= 0.6 is 11.3 Å². The Morgan fingerprint density at radius 3 is 2.38 bits per heavy atom. The molecule has 8 nitrogen and oxygen atoms in total. The van der Waals surface area contributed by atoms with Gasteiger partial charge in [-0.2, -0.15) is 0 Å². The third kappa shape index (κ3) is 3.56. The van der Waals surface area contributed by atoms with E-state index >= 15 is 0 Å². The van der Waals surface area contributed by atoms with Gasteiger partial charge in [-0.15, -0.1) is 11.3 Å². The maximum Gasteiger partial charge on any atom is 0.295 e. The van der Waals surface area contributed by atoms with Gasteiger partial charge in [-0.3, -0.25) is 19.4 Å². The number of benzene rings is 1. The highest BCUT2D eigenvalue weighted by atomic mass is 32.1. The van der Waals surface area contributed by atoms with Crippen LogP contribution in [0.2, 0.25) is 0 Å². The van der Waals surface area contributed by atoms with Crippen LogP contribution in [0, 0.1) is 0 Å². The van der Waals surface area contributed by atoms with Crippen LogP contribution in [0.5, 0.6) is 0 Å². The number of nitrogens with zero attached hydrogens (tertiary/aromatic N) is 4. The number of amides is 2. The number of aromatic amines is 1. The van der Waals surface area contributed by atoms with Crippen LogP contribution in [-0.4, -0.2) is 68.5 Å². The van der Waals surface area contributed by atoms with Crippen LogP contribution in [0.4, 0.5) is 0 Å². The van der Waals surface area contributed by atoms with Gasteiger partial charge in [0.15, 0.2) is 0 Å². The van der Waals surface area contributed by atoms with Gasteiger partial charge in [-0.05, 0) is 18.2 Å². The summed E-state index contributed by atoms with van der Waals surface area (Å²) in [6, 6.07) is 10.8. The first-order valence-corrected chi connectivity index (χ1v) is 11.1. The van der Waals surface area contributed by atoms with Gasteiger partial charge >= 0.3 is 0 Å². The van der Waals surface area contributed by atoms with E-state index in [1.54, 1.807) is 41.7 Å². The SMILES string of the molecule is O=C(C(=O)N1CCN(C(=O)c2ccccc2)CC1)c1c[nH]c2c(-c3nccs3)nccc12. The maximum absolute atomic E-state index is 13.0. The predicted molar refractivity (Wildman–Crippen MR) is 120 cm³/mol. The van der Waals surface area contributed by atoms with E-state index in [1.807, 2.05) is 23.6 Å². The van der Waals surface area contributed by atoms with E-state index in [2.05, 4.69) is 15.0 Å². The Hall–Kier alpha value is -3.85. The van der Waals surface area contributed by atoms with Gasteiger partial charge in [0.05, 0.1) is 11.1 Å². The van der Waals surface area contributed by atoms with E-state index in [0.29, 0.717) is 53.9 Å². The topological polar surface area (TPSA) is 99.3 Å². The monoisotopic (exact) mass is 445 g/mol. The molecule has 32 heavy (non-hydrogen) atoms. The molecule has 1 fully saturated rings. The van der Waals surface area contributed by atoms with Crippen molar-refractivity contribution in [1.82, 2.24) is 24.8 Å². The number of hydrogen-bond acceptors (Lipinski definition) is 6. The number of aromatic nitrogens is 3. The molecular weight excluding hydrogens is 426 g/mol. The lowest BCUT2D eigenvalue weighted by atomic mass is 10.1. The smallest absolute Gasteiger partial charge is 0.295 e. The van der Waals surface area contributed by atoms with Crippen molar-refractivity contribution in [1.29, 1.82) is 0 Å². The predicted octanol–water partition coefficient (Wildman–Crippen LogP) is 2.85. The molecule has 0 unspecified atom stereocenters. The normalized spacial score (nSPS) is 14.0. The molecule has 1 saturated heterocycles. The van der Waals surface area contributed by atoms with Gasteiger partial charge < -0.3 is 14.8 Å². The van der Waals surface area contributed by atoms with E-state index in [9.17, 15) is 14.4 Å². The minimum absolute atomic E-state index is 0.0668. The minimum atomic E-state index is -0.574. The molecule has 0 bridgehead atoms. The van der Waals surface area contributed by atoms with Crippen molar-refractivity contribution in [3.05, 3.63) is 71.5 Å². The molecule has 5 rings (SSSR count). The van der Waals surface area contributed by atoms with Crippen molar-refractivity contribution in [2.45, 2.75) is 0 Å². The van der Waals surface area contributed by atoms with Crippen molar-refractivity contribution in [3.63, 3.8) is 0 Å². The summed E-state index contributed by atoms with van der Waals surface area (Å²) in [5.74, 6) is -1.21. The molecule has 9 heteroatoms. The summed E-state index contributed by atoms with van der Waals surface area (Å²) in [6.45, 7) is 1.41. The Morgan fingerprint density at radius 2 is 1.66 bits per heavy atom. The van der Waals surface area contributed by atoms with E-state index in [4.69, 9.17) is 0 Å². The van der Waals surface area contributed by atoms with E-state index < -0.39 is 11.7 Å². The molecule has 160 valence electrons. The molecule has 0 atom stereocenters. The van der Waals surface area contributed by atoms with Crippen LogP contribution in [-0.2, 0) is 4.79 Å². The molecule has 1 aromatic carbocycles. The Balaban J connectivity index is 1.31. The second kappa shape index (κ2) is 8.35. The summed E-state index contributed by atoms with van der Waals surface area (Å²) in [5, 5.41) is 3.24. The molecule has 4 aromatic rings. The number of rotatable bonds is 4. The lowest BCUT2D eigenvalue weighted by molar-refractivity contribution is -0.127. The second-order valence-corrected chi connectivity index (χ2v) is 8.30. The lowest BCUT2D eigenvalue weighted by Crippen LogP contribution is -2.52. The molecule has 0 aliphatic carbocycles. The van der Waals surface area contributed by atoms with Crippen molar-refractivity contribution in [3.8, 4) is 10.7 Å². The number of Topliss-reactive ketones (excluding diaryl/α,β-unsaturated/α-hetero) is 1. The molecule has 0 saturated carbocycles. The van der Waals surface area contributed by atoms with Gasteiger partial charge in [0, 0.05) is 61.1 Å². The van der Waals surface area contributed by atoms with Crippen molar-refractivity contribution >= 4 is 39.8 Å². The number of carbonyl (C=O) groups is 3. The summed E-state index contributed by atoms with van der Waals surface area (Å²) < 4.78 is 0. The highest BCUT2D eigenvalue weighted by molar-refractivity contribution is 7.13. The summed E-state index contributed by atoms with van der Waals surface area (Å²) >= 11 is 1.45. The summed E-state index contributed by atoms with van der Waals surface area (Å²) in [7, 11) is 0. The molecule has 0 spiro atoms. The van der Waals surface area contributed by atoms with Crippen LogP contribution in [0.3, 0.4) is 0 Å². The van der Waals surface area contributed by atoms with E-state index in [1.165, 1.54) is 16.2 Å². The first-order valence-electron chi connectivity index (χ1n) is 10.2. The van der Waals surface area contributed by atoms with Crippen LogP contribution in [0.1, 0.15) is 20.7 Å². The first-order chi connectivity index (χ1) is 15.6. The Labute approximate surface area is 187 Å². The Morgan fingerprint density at radius 1 is 0.906 bits per heavy atom. The summed E-state index contributed by atoms with van der Waals surface area (Å²) in [6.07, 6.45) is 4.86. The van der Waals surface area contributed by atoms with Gasteiger partial charge in [0.2, 0.25) is 0 Å². The zero-order valence-corrected chi connectivity index (χ0v) is 17.8. The number of H-pyrrole nitrogens is 1. The third-order valence-corrected chi connectivity index (χ3v) is 6.33. The molecule has 4 heterocycles. The summed E-state index contributed by atoms with van der Waals surface area (Å²) in [5.41, 5.74) is 2.26. The fraction of sp³-hybridized carbons (Fsp3) is 0.174. The number of nitrogens with one attached hydrogen (secondary N) is 1. The number of hydrogen-bond donors (Lipinski definition) is 1. The van der Waals surface area contributed by atoms with Crippen LogP contribution < -0.4 is 0 Å². The zero-order chi connectivity index (χ0) is 22.1. The number of thiazole rings is 1. The van der Waals surface area contributed by atoms with Crippen molar-refractivity contribution in [2.24, 2.45) is 0 Å². The standard InChI is InChI=1S/C23H19N5O3S/c29-20(17-14-26-18-16(17)6-7-24-19(18)21-25-8-13-32-21)23(31)28-11-9-27(10-12-28)22(30)15-4-2-1-3-5-15/h1-8,13-14,26H,9-12H2.